The highest BCUT2D eigenvalue weighted by molar-refractivity contribution is 6.33. The number of carbonyl (C=O) groups excluding carboxylic acids is 4. The number of pyridine rings is 1. The van der Waals surface area contributed by atoms with Crippen LogP contribution in [0.5, 0.6) is 5.75 Å². The number of amides is 4. The van der Waals surface area contributed by atoms with Crippen molar-refractivity contribution < 1.29 is 37.5 Å². The average Bonchev–Trinajstić information content (AvgIpc) is 3.56. The normalized spacial score (nSPS) is 25.8. The largest absolute Gasteiger partial charge is 0.507 e. The average molecular weight is 802 g/mol. The summed E-state index contributed by atoms with van der Waals surface area (Å²) in [7, 11) is 1.24. The van der Waals surface area contributed by atoms with E-state index in [1.165, 1.54) is 13.1 Å². The van der Waals surface area contributed by atoms with E-state index in [1.54, 1.807) is 72.8 Å². The summed E-state index contributed by atoms with van der Waals surface area (Å²) in [6.07, 6.45) is -1.08. The van der Waals surface area contributed by atoms with Crippen LogP contribution in [-0.2, 0) is 37.2 Å². The first-order valence-corrected chi connectivity index (χ1v) is 18.6. The Balaban J connectivity index is 1.32. The molecule has 286 valence electrons. The van der Waals surface area contributed by atoms with E-state index >= 15 is 4.79 Å². The number of hydrogen-bond donors (Lipinski definition) is 1. The Bertz CT molecular complexity index is 2370. The van der Waals surface area contributed by atoms with Crippen LogP contribution in [0.15, 0.2) is 109 Å². The second kappa shape index (κ2) is 13.6. The van der Waals surface area contributed by atoms with Gasteiger partial charge < -0.3 is 5.11 Å². The monoisotopic (exact) mass is 800 g/mol. The van der Waals surface area contributed by atoms with Crippen molar-refractivity contribution in [2.75, 3.05) is 17.0 Å². The van der Waals surface area contributed by atoms with E-state index in [1.807, 2.05) is 6.08 Å². The number of fused-ring (bicyclic) bond motifs is 4. The number of hydrogen-bond acceptors (Lipinski definition) is 7. The molecule has 9 nitrogen and oxygen atoms in total. The maximum atomic E-state index is 15.4. The number of nitrogens with zero attached hydrogens (tertiary/aromatic N) is 4. The molecule has 1 saturated carbocycles. The number of hydrazine groups is 1. The van der Waals surface area contributed by atoms with Crippen LogP contribution in [0, 0.1) is 23.7 Å². The van der Waals surface area contributed by atoms with Gasteiger partial charge >= 0.3 is 6.18 Å². The third-order valence-electron chi connectivity index (χ3n) is 11.7. The lowest BCUT2D eigenvalue weighted by atomic mass is 9.49. The molecule has 1 aromatic heterocycles. The van der Waals surface area contributed by atoms with Crippen molar-refractivity contribution in [1.82, 2.24) is 9.99 Å². The predicted molar refractivity (Wildman–Crippen MR) is 203 cm³/mol. The van der Waals surface area contributed by atoms with Crippen LogP contribution in [0.4, 0.5) is 24.7 Å². The number of anilines is 2. The zero-order chi connectivity index (χ0) is 39.8. The fourth-order valence-corrected chi connectivity index (χ4v) is 9.85. The number of aromatic nitrogens is 1. The fraction of sp³-hybridized carbons (Fsp3) is 0.262. The van der Waals surface area contributed by atoms with Crippen molar-refractivity contribution >= 4 is 58.3 Å². The van der Waals surface area contributed by atoms with Gasteiger partial charge in [0.15, 0.2) is 5.82 Å². The first kappa shape index (κ1) is 37.5. The van der Waals surface area contributed by atoms with Crippen molar-refractivity contribution in [2.45, 2.75) is 36.8 Å². The van der Waals surface area contributed by atoms with Crippen LogP contribution in [0.1, 0.15) is 41.1 Å². The molecule has 4 aliphatic rings. The summed E-state index contributed by atoms with van der Waals surface area (Å²) in [6.45, 7) is 3.82. The molecule has 2 saturated heterocycles. The van der Waals surface area contributed by atoms with Crippen LogP contribution < -0.4 is 9.91 Å². The number of imide groups is 2. The SMILES string of the molecule is C=CCc1cccc(C2C3=CCC4C(=O)N(N(C)c5nc(C(F)(F)F)ccc5Cl)C(=O)C4C3CC3C(=O)N(c4cccc(Cl)c4)C(=O)C32c2ccccc2)c1O. The van der Waals surface area contributed by atoms with Gasteiger partial charge in [0.25, 0.3) is 11.8 Å². The zero-order valence-electron chi connectivity index (χ0n) is 29.7. The molecule has 8 rings (SSSR count). The summed E-state index contributed by atoms with van der Waals surface area (Å²) in [4.78, 5) is 64.1. The van der Waals surface area contributed by atoms with Crippen molar-refractivity contribution in [3.63, 3.8) is 0 Å². The number of alkyl halides is 3. The lowest BCUT2D eigenvalue weighted by molar-refractivity contribution is -0.141. The number of allylic oxidation sites excluding steroid dienone is 3. The Hall–Kier alpha value is -5.46. The molecule has 6 atom stereocenters. The number of phenolic OH excluding ortho intramolecular Hbond substituents is 1. The van der Waals surface area contributed by atoms with Crippen molar-refractivity contribution in [3.05, 3.63) is 142 Å². The number of rotatable bonds is 7. The number of aromatic hydroxyl groups is 1. The third kappa shape index (κ3) is 5.48. The fourth-order valence-electron chi connectivity index (χ4n) is 9.44. The van der Waals surface area contributed by atoms with Crippen LogP contribution in [-0.4, -0.2) is 45.8 Å². The molecule has 2 aliphatic carbocycles. The first-order chi connectivity index (χ1) is 26.7. The van der Waals surface area contributed by atoms with E-state index in [-0.39, 0.29) is 29.3 Å². The van der Waals surface area contributed by atoms with E-state index in [2.05, 4.69) is 11.6 Å². The molecule has 2 aliphatic heterocycles. The minimum Gasteiger partial charge on any atom is -0.507 e. The van der Waals surface area contributed by atoms with Crippen LogP contribution >= 0.6 is 23.2 Å². The Morgan fingerprint density at radius 2 is 1.68 bits per heavy atom. The molecule has 3 aromatic carbocycles. The maximum absolute atomic E-state index is 15.4. The van der Waals surface area contributed by atoms with Gasteiger partial charge in [-0.2, -0.15) is 18.2 Å². The molecular formula is C42H33Cl2F3N4O5. The summed E-state index contributed by atoms with van der Waals surface area (Å²) in [5.74, 6) is -7.96. The quantitative estimate of drug-likeness (QED) is 0.149. The van der Waals surface area contributed by atoms with Gasteiger partial charge in [-0.3, -0.25) is 24.2 Å². The van der Waals surface area contributed by atoms with E-state index < -0.39 is 76.3 Å². The first-order valence-electron chi connectivity index (χ1n) is 17.9. The Morgan fingerprint density at radius 1 is 0.946 bits per heavy atom. The van der Waals surface area contributed by atoms with Crippen LogP contribution in [0.2, 0.25) is 10.0 Å². The topological polar surface area (TPSA) is 111 Å². The maximum Gasteiger partial charge on any atom is 0.433 e. The zero-order valence-corrected chi connectivity index (χ0v) is 31.2. The molecule has 3 fully saturated rings. The lowest BCUT2D eigenvalue weighted by Gasteiger charge is -2.50. The van der Waals surface area contributed by atoms with Gasteiger partial charge in [-0.15, -0.1) is 6.58 Å². The summed E-state index contributed by atoms with van der Waals surface area (Å²) in [5.41, 5.74) is -0.641. The Kier molecular flexibility index (Phi) is 9.12. The van der Waals surface area contributed by atoms with Gasteiger partial charge in [0.05, 0.1) is 33.9 Å². The number of benzene rings is 3. The second-order valence-electron chi connectivity index (χ2n) is 14.5. The molecule has 56 heavy (non-hydrogen) atoms. The molecular weight excluding hydrogens is 768 g/mol. The summed E-state index contributed by atoms with van der Waals surface area (Å²) in [5, 5.41) is 13.8. The molecule has 14 heteroatoms. The minimum atomic E-state index is -4.83. The summed E-state index contributed by atoms with van der Waals surface area (Å²) in [6, 6.07) is 22.1. The molecule has 4 aromatic rings. The van der Waals surface area contributed by atoms with Crippen LogP contribution in [0.3, 0.4) is 0 Å². The standard InChI is InChI=1S/C42H33Cl2F3N4O5/c1-3-9-22-10-7-15-28(35(22)52)34-26-16-17-27-33(39(55)51(37(27)53)49(2)36-31(44)18-19-32(48-36)42(45,46)47)29(26)21-30-38(54)50(25-14-8-13-24(43)20-25)40(56)41(30,34)23-11-5-4-6-12-23/h3-8,10-16,18-20,27,29-30,33-34,52H,1,9,17,21H2,2H3. The number of halogens is 5. The molecule has 4 amide bonds. The highest BCUT2D eigenvalue weighted by Gasteiger charge is 2.70. The van der Waals surface area contributed by atoms with Crippen LogP contribution in [0.25, 0.3) is 0 Å². The molecule has 1 N–H and O–H groups in total. The molecule has 0 spiro atoms. The number of para-hydroxylation sites is 1. The van der Waals surface area contributed by atoms with Gasteiger partial charge in [0, 0.05) is 23.6 Å². The van der Waals surface area contributed by atoms with Crippen molar-refractivity contribution in [1.29, 1.82) is 0 Å². The second-order valence-corrected chi connectivity index (χ2v) is 15.3. The Morgan fingerprint density at radius 3 is 2.38 bits per heavy atom. The van der Waals surface area contributed by atoms with Gasteiger partial charge in [0.2, 0.25) is 11.8 Å². The van der Waals surface area contributed by atoms with Gasteiger partial charge in [-0.05, 0) is 66.6 Å². The van der Waals surface area contributed by atoms with E-state index in [4.69, 9.17) is 23.2 Å². The number of phenols is 1. The van der Waals surface area contributed by atoms with E-state index in [9.17, 15) is 32.7 Å². The smallest absolute Gasteiger partial charge is 0.433 e. The third-order valence-corrected chi connectivity index (χ3v) is 12.2. The lowest BCUT2D eigenvalue weighted by Crippen LogP contribution is -2.53. The number of carbonyl (C=O) groups is 4. The van der Waals surface area contributed by atoms with E-state index in [0.717, 1.165) is 21.0 Å². The molecule has 3 heterocycles. The highest BCUT2D eigenvalue weighted by atomic mass is 35.5. The van der Waals surface area contributed by atoms with Crippen molar-refractivity contribution in [2.24, 2.45) is 23.7 Å². The molecule has 0 bridgehead atoms. The van der Waals surface area contributed by atoms with Crippen molar-refractivity contribution in [3.8, 4) is 5.75 Å². The highest BCUT2D eigenvalue weighted by Crippen LogP contribution is 2.65. The Labute approximate surface area is 329 Å². The van der Waals surface area contributed by atoms with Gasteiger partial charge in [-0.1, -0.05) is 95.5 Å². The minimum absolute atomic E-state index is 0.0354. The predicted octanol–water partition coefficient (Wildman–Crippen LogP) is 8.06. The van der Waals surface area contributed by atoms with Gasteiger partial charge in [-0.25, -0.2) is 9.88 Å². The van der Waals surface area contributed by atoms with E-state index in [0.29, 0.717) is 39.8 Å². The summed E-state index contributed by atoms with van der Waals surface area (Å²) < 4.78 is 41.1. The summed E-state index contributed by atoms with van der Waals surface area (Å²) >= 11 is 12.7. The van der Waals surface area contributed by atoms with Gasteiger partial charge in [0.1, 0.15) is 11.4 Å². The molecule has 6 unspecified atom stereocenters. The molecule has 0 radical (unpaired) electrons.